The zero-order chi connectivity index (χ0) is 14.0. The highest BCUT2D eigenvalue weighted by atomic mass is 19.1. The van der Waals surface area contributed by atoms with Crippen LogP contribution < -0.4 is 0 Å². The monoisotopic (exact) mass is 264 g/mol. The summed E-state index contributed by atoms with van der Waals surface area (Å²) in [5.41, 5.74) is 1.08. The summed E-state index contributed by atoms with van der Waals surface area (Å²) in [7, 11) is 3.83. The first-order valence-corrected chi connectivity index (χ1v) is 6.71. The summed E-state index contributed by atoms with van der Waals surface area (Å²) in [6, 6.07) is 4.84. The summed E-state index contributed by atoms with van der Waals surface area (Å²) in [6.07, 6.45) is 2.06. The minimum Gasteiger partial charge on any atom is -0.337 e. The number of nitrogens with zero attached hydrogens (tertiary/aromatic N) is 2. The van der Waals surface area contributed by atoms with Gasteiger partial charge in [0.2, 0.25) is 0 Å². The molecule has 1 aliphatic heterocycles. The maximum absolute atomic E-state index is 13.8. The van der Waals surface area contributed by atoms with Gasteiger partial charge in [-0.3, -0.25) is 4.79 Å². The summed E-state index contributed by atoms with van der Waals surface area (Å²) in [4.78, 5) is 16.3. The molecule has 0 N–H and O–H groups in total. The Hall–Kier alpha value is -1.42. The van der Waals surface area contributed by atoms with E-state index in [1.165, 1.54) is 6.07 Å². The molecule has 1 amide bonds. The number of carbonyl (C=O) groups is 1. The van der Waals surface area contributed by atoms with Crippen molar-refractivity contribution in [3.63, 3.8) is 0 Å². The molecule has 1 unspecified atom stereocenters. The number of halogens is 1. The molecule has 1 aromatic carbocycles. The van der Waals surface area contributed by atoms with Crippen molar-refractivity contribution in [3.05, 3.63) is 35.1 Å². The zero-order valence-corrected chi connectivity index (χ0v) is 11.8. The molecule has 1 fully saturated rings. The van der Waals surface area contributed by atoms with Gasteiger partial charge in [-0.25, -0.2) is 4.39 Å². The normalized spacial score (nSPS) is 20.3. The molecule has 4 heteroatoms. The van der Waals surface area contributed by atoms with Crippen LogP contribution in [0.5, 0.6) is 0 Å². The van der Waals surface area contributed by atoms with Crippen LogP contribution in [0.2, 0.25) is 0 Å². The van der Waals surface area contributed by atoms with Crippen molar-refractivity contribution in [2.75, 3.05) is 27.2 Å². The summed E-state index contributed by atoms with van der Waals surface area (Å²) >= 11 is 0. The topological polar surface area (TPSA) is 23.6 Å². The molecule has 1 aliphatic rings. The van der Waals surface area contributed by atoms with E-state index in [1.54, 1.807) is 24.1 Å². The Morgan fingerprint density at radius 1 is 1.47 bits per heavy atom. The maximum Gasteiger partial charge on any atom is 0.256 e. The van der Waals surface area contributed by atoms with Gasteiger partial charge in [-0.15, -0.1) is 0 Å². The fourth-order valence-corrected chi connectivity index (χ4v) is 2.61. The standard InChI is InChI=1S/C15H21FN2O/c1-11-6-7-14(16)13(9-11)15(19)18(3)12-5-4-8-17(2)10-12/h6-7,9,12H,4-5,8,10H2,1-3H3. The average molecular weight is 264 g/mol. The summed E-state index contributed by atoms with van der Waals surface area (Å²) in [6.45, 7) is 3.79. The number of hydrogen-bond donors (Lipinski definition) is 0. The van der Waals surface area contributed by atoms with E-state index in [9.17, 15) is 9.18 Å². The second-order valence-electron chi connectivity index (χ2n) is 5.46. The SMILES string of the molecule is Cc1ccc(F)c(C(=O)N(C)C2CCCN(C)C2)c1. The van der Waals surface area contributed by atoms with E-state index in [4.69, 9.17) is 0 Å². The predicted octanol–water partition coefficient (Wildman–Crippen LogP) is 2.30. The van der Waals surface area contributed by atoms with Crippen molar-refractivity contribution in [3.8, 4) is 0 Å². The molecular formula is C15H21FN2O. The summed E-state index contributed by atoms with van der Waals surface area (Å²) in [5.74, 6) is -0.659. The van der Waals surface area contributed by atoms with Crippen molar-refractivity contribution in [2.24, 2.45) is 0 Å². The first-order valence-electron chi connectivity index (χ1n) is 6.71. The van der Waals surface area contributed by atoms with Gasteiger partial charge in [0, 0.05) is 19.6 Å². The largest absolute Gasteiger partial charge is 0.337 e. The minimum absolute atomic E-state index is 0.172. The molecule has 1 saturated heterocycles. The van der Waals surface area contributed by atoms with E-state index >= 15 is 0 Å². The van der Waals surface area contributed by atoms with Gasteiger partial charge < -0.3 is 9.80 Å². The number of aryl methyl sites for hydroxylation is 1. The van der Waals surface area contributed by atoms with E-state index in [0.717, 1.165) is 31.5 Å². The predicted molar refractivity (Wildman–Crippen MR) is 73.7 cm³/mol. The van der Waals surface area contributed by atoms with E-state index in [1.807, 2.05) is 6.92 Å². The maximum atomic E-state index is 13.8. The fraction of sp³-hybridized carbons (Fsp3) is 0.533. The third-order valence-electron chi connectivity index (χ3n) is 3.82. The fourth-order valence-electron chi connectivity index (χ4n) is 2.61. The van der Waals surface area contributed by atoms with Gasteiger partial charge in [0.1, 0.15) is 5.82 Å². The Balaban J connectivity index is 2.16. The smallest absolute Gasteiger partial charge is 0.256 e. The molecule has 1 atom stereocenters. The Morgan fingerprint density at radius 2 is 2.21 bits per heavy atom. The molecule has 2 rings (SSSR count). The molecule has 0 bridgehead atoms. The van der Waals surface area contributed by atoms with E-state index in [2.05, 4.69) is 11.9 Å². The van der Waals surface area contributed by atoms with Gasteiger partial charge in [0.25, 0.3) is 5.91 Å². The van der Waals surface area contributed by atoms with E-state index in [-0.39, 0.29) is 17.5 Å². The molecule has 1 aromatic rings. The third kappa shape index (κ3) is 3.13. The lowest BCUT2D eigenvalue weighted by Crippen LogP contribution is -2.47. The Kier molecular flexibility index (Phi) is 4.20. The van der Waals surface area contributed by atoms with Gasteiger partial charge in [0.05, 0.1) is 5.56 Å². The number of rotatable bonds is 2. The third-order valence-corrected chi connectivity index (χ3v) is 3.82. The summed E-state index contributed by atoms with van der Waals surface area (Å²) < 4.78 is 13.8. The van der Waals surface area contributed by atoms with Crippen molar-refractivity contribution in [1.82, 2.24) is 9.80 Å². The molecule has 0 aliphatic carbocycles. The summed E-state index contributed by atoms with van der Waals surface area (Å²) in [5, 5.41) is 0. The van der Waals surface area contributed by atoms with Crippen molar-refractivity contribution >= 4 is 5.91 Å². The number of amides is 1. The van der Waals surface area contributed by atoms with Crippen molar-refractivity contribution in [1.29, 1.82) is 0 Å². The molecule has 1 heterocycles. The lowest BCUT2D eigenvalue weighted by atomic mass is 10.0. The Labute approximate surface area is 114 Å². The molecule has 3 nitrogen and oxygen atoms in total. The highest BCUT2D eigenvalue weighted by Gasteiger charge is 2.26. The van der Waals surface area contributed by atoms with Crippen molar-refractivity contribution in [2.45, 2.75) is 25.8 Å². The molecule has 0 spiro atoms. The van der Waals surface area contributed by atoms with Gasteiger partial charge >= 0.3 is 0 Å². The molecule has 19 heavy (non-hydrogen) atoms. The van der Waals surface area contributed by atoms with Gasteiger partial charge in [-0.1, -0.05) is 11.6 Å². The zero-order valence-electron chi connectivity index (χ0n) is 11.8. The lowest BCUT2D eigenvalue weighted by molar-refractivity contribution is 0.0639. The van der Waals surface area contributed by atoms with E-state index < -0.39 is 5.82 Å². The Bertz CT molecular complexity index is 475. The number of hydrogen-bond acceptors (Lipinski definition) is 2. The van der Waals surface area contributed by atoms with Crippen LogP contribution in [-0.4, -0.2) is 48.9 Å². The molecule has 104 valence electrons. The van der Waals surface area contributed by atoms with Crippen LogP contribution in [0.1, 0.15) is 28.8 Å². The van der Waals surface area contributed by atoms with Crippen LogP contribution in [0.25, 0.3) is 0 Å². The second kappa shape index (κ2) is 5.70. The van der Waals surface area contributed by atoms with Crippen LogP contribution in [-0.2, 0) is 0 Å². The molecule has 0 saturated carbocycles. The number of likely N-dealkylation sites (tertiary alicyclic amines) is 1. The minimum atomic E-state index is -0.438. The quantitative estimate of drug-likeness (QED) is 0.818. The highest BCUT2D eigenvalue weighted by molar-refractivity contribution is 5.94. The highest BCUT2D eigenvalue weighted by Crippen LogP contribution is 2.18. The Morgan fingerprint density at radius 3 is 2.89 bits per heavy atom. The van der Waals surface area contributed by atoms with Crippen LogP contribution in [0, 0.1) is 12.7 Å². The second-order valence-corrected chi connectivity index (χ2v) is 5.46. The molecular weight excluding hydrogens is 243 g/mol. The number of benzene rings is 1. The average Bonchev–Trinajstić information content (AvgIpc) is 2.40. The van der Waals surface area contributed by atoms with Gasteiger partial charge in [-0.05, 0) is 45.5 Å². The first kappa shape index (κ1) is 14.0. The number of piperidine rings is 1. The van der Waals surface area contributed by atoms with Crippen LogP contribution in [0.4, 0.5) is 4.39 Å². The van der Waals surface area contributed by atoms with Crippen LogP contribution >= 0.6 is 0 Å². The van der Waals surface area contributed by atoms with Crippen LogP contribution in [0.3, 0.4) is 0 Å². The molecule has 0 aromatic heterocycles. The van der Waals surface area contributed by atoms with Crippen molar-refractivity contribution < 1.29 is 9.18 Å². The lowest BCUT2D eigenvalue weighted by Gasteiger charge is -2.36. The van der Waals surface area contributed by atoms with Gasteiger partial charge in [0.15, 0.2) is 0 Å². The number of likely N-dealkylation sites (N-methyl/N-ethyl adjacent to an activating group) is 2. The van der Waals surface area contributed by atoms with Gasteiger partial charge in [-0.2, -0.15) is 0 Å². The number of carbonyl (C=O) groups excluding carboxylic acids is 1. The van der Waals surface area contributed by atoms with E-state index in [0.29, 0.717) is 0 Å². The first-order chi connectivity index (χ1) is 8.99. The molecule has 0 radical (unpaired) electrons. The van der Waals surface area contributed by atoms with Crippen LogP contribution in [0.15, 0.2) is 18.2 Å².